The maximum atomic E-state index is 12.1. The monoisotopic (exact) mass is 552 g/mol. The number of aromatic nitrogens is 6. The number of carbonyl (C=O) groups is 1. The second-order valence-electron chi connectivity index (χ2n) is 9.98. The summed E-state index contributed by atoms with van der Waals surface area (Å²) in [5, 5.41) is 14.3. The van der Waals surface area contributed by atoms with Crippen LogP contribution in [0.5, 0.6) is 5.88 Å². The molecule has 41 heavy (non-hydrogen) atoms. The van der Waals surface area contributed by atoms with Crippen LogP contribution in [-0.2, 0) is 13.6 Å². The maximum Gasteiger partial charge on any atom is 0.319 e. The summed E-state index contributed by atoms with van der Waals surface area (Å²) in [5.74, 6) is 1.57. The van der Waals surface area contributed by atoms with Crippen LogP contribution in [0.1, 0.15) is 5.56 Å². The molecule has 0 bridgehead atoms. The summed E-state index contributed by atoms with van der Waals surface area (Å²) in [5.41, 5.74) is 6.35. The molecule has 1 aliphatic rings. The summed E-state index contributed by atoms with van der Waals surface area (Å²) in [6.07, 6.45) is 11.2. The predicted molar refractivity (Wildman–Crippen MR) is 157 cm³/mol. The van der Waals surface area contributed by atoms with Crippen LogP contribution >= 0.6 is 0 Å². The second-order valence-corrected chi connectivity index (χ2v) is 9.98. The number of fused-ring (bicyclic) bond motifs is 1. The molecule has 6 rings (SSSR count). The van der Waals surface area contributed by atoms with E-state index in [4.69, 9.17) is 9.72 Å². The number of amides is 2. The highest BCUT2D eigenvalue weighted by molar-refractivity contribution is 5.99. The Morgan fingerprint density at radius 3 is 2.44 bits per heavy atom. The lowest BCUT2D eigenvalue weighted by Gasteiger charge is -2.35. The number of rotatable bonds is 7. The van der Waals surface area contributed by atoms with Crippen LogP contribution in [0, 0.1) is 0 Å². The molecule has 0 aromatic carbocycles. The van der Waals surface area contributed by atoms with E-state index in [1.807, 2.05) is 44.1 Å². The molecule has 1 saturated heterocycles. The molecule has 12 nitrogen and oxygen atoms in total. The molecule has 1 aliphatic heterocycles. The number of anilines is 2. The lowest BCUT2D eigenvalue weighted by molar-refractivity contribution is 0.249. The molecule has 0 saturated carbocycles. The lowest BCUT2D eigenvalue weighted by atomic mass is 10.0. The van der Waals surface area contributed by atoms with Gasteiger partial charge in [-0.3, -0.25) is 9.58 Å². The van der Waals surface area contributed by atoms with Gasteiger partial charge in [-0.25, -0.2) is 19.3 Å². The Balaban J connectivity index is 1.23. The average Bonchev–Trinajstić information content (AvgIpc) is 3.63. The predicted octanol–water partition coefficient (Wildman–Crippen LogP) is 3.27. The highest BCUT2D eigenvalue weighted by Crippen LogP contribution is 2.34. The number of ether oxygens (including phenoxy) is 1. The summed E-state index contributed by atoms with van der Waals surface area (Å²) in [6.45, 7) is 4.51. The van der Waals surface area contributed by atoms with E-state index in [-0.39, 0.29) is 6.03 Å². The number of aryl methyl sites for hydroxylation is 1. The van der Waals surface area contributed by atoms with Gasteiger partial charge in [0, 0.05) is 99.9 Å². The fourth-order valence-corrected chi connectivity index (χ4v) is 5.10. The summed E-state index contributed by atoms with van der Waals surface area (Å²) in [7, 11) is 5.10. The molecule has 5 aromatic heterocycles. The van der Waals surface area contributed by atoms with Gasteiger partial charge in [0.15, 0.2) is 0 Å². The van der Waals surface area contributed by atoms with Crippen LogP contribution < -0.4 is 20.3 Å². The Labute approximate surface area is 237 Å². The van der Waals surface area contributed by atoms with Gasteiger partial charge in [-0.05, 0) is 23.8 Å². The van der Waals surface area contributed by atoms with Crippen LogP contribution in [0.25, 0.3) is 27.8 Å². The topological polar surface area (TPSA) is 118 Å². The first-order valence-electron chi connectivity index (χ1n) is 13.4. The number of nitrogens with zero attached hydrogens (tertiary/aromatic N) is 8. The smallest absolute Gasteiger partial charge is 0.319 e. The van der Waals surface area contributed by atoms with Crippen LogP contribution in [-0.4, -0.2) is 80.6 Å². The zero-order valence-electron chi connectivity index (χ0n) is 23.3. The normalized spacial score (nSPS) is 13.9. The van der Waals surface area contributed by atoms with Crippen LogP contribution in [0.15, 0.2) is 67.5 Å². The van der Waals surface area contributed by atoms with Gasteiger partial charge in [-0.15, -0.1) is 0 Å². The highest BCUT2D eigenvalue weighted by Gasteiger charge is 2.20. The Kier molecular flexibility index (Phi) is 7.21. The van der Waals surface area contributed by atoms with Crippen LogP contribution in [0.4, 0.5) is 16.3 Å². The number of nitrogens with one attached hydrogen (secondary N) is 2. The first kappa shape index (κ1) is 26.3. The fourth-order valence-electron chi connectivity index (χ4n) is 5.10. The zero-order valence-corrected chi connectivity index (χ0v) is 23.3. The highest BCUT2D eigenvalue weighted by atomic mass is 16.5. The quantitative estimate of drug-likeness (QED) is 0.316. The van der Waals surface area contributed by atoms with E-state index in [1.54, 1.807) is 29.6 Å². The van der Waals surface area contributed by atoms with Gasteiger partial charge in [0.2, 0.25) is 5.88 Å². The Hall–Kier alpha value is -4.97. The Morgan fingerprint density at radius 1 is 0.927 bits per heavy atom. The molecule has 0 aliphatic carbocycles. The van der Waals surface area contributed by atoms with Crippen molar-refractivity contribution >= 4 is 23.1 Å². The summed E-state index contributed by atoms with van der Waals surface area (Å²) in [6, 6.07) is 9.89. The molecule has 1 fully saturated rings. The van der Waals surface area contributed by atoms with E-state index >= 15 is 0 Å². The van der Waals surface area contributed by atoms with E-state index in [9.17, 15) is 4.79 Å². The van der Waals surface area contributed by atoms with Crippen molar-refractivity contribution in [3.63, 3.8) is 0 Å². The molecule has 0 atom stereocenters. The Bertz CT molecular complexity index is 1650. The molecule has 0 unspecified atom stereocenters. The molecular weight excluding hydrogens is 520 g/mol. The number of carbonyl (C=O) groups excluding carboxylic acids is 1. The third-order valence-corrected chi connectivity index (χ3v) is 7.29. The van der Waals surface area contributed by atoms with Crippen molar-refractivity contribution in [3.8, 4) is 28.1 Å². The van der Waals surface area contributed by atoms with Crippen molar-refractivity contribution in [1.29, 1.82) is 0 Å². The minimum atomic E-state index is -0.307. The van der Waals surface area contributed by atoms with Crippen molar-refractivity contribution in [2.75, 3.05) is 50.6 Å². The van der Waals surface area contributed by atoms with Crippen molar-refractivity contribution in [1.82, 2.24) is 39.6 Å². The van der Waals surface area contributed by atoms with Gasteiger partial charge in [0.25, 0.3) is 0 Å². The minimum Gasteiger partial charge on any atom is -0.481 e. The van der Waals surface area contributed by atoms with Gasteiger partial charge in [0.1, 0.15) is 5.82 Å². The first-order valence-corrected chi connectivity index (χ1v) is 13.4. The second kappa shape index (κ2) is 11.3. The third kappa shape index (κ3) is 5.54. The number of pyridine rings is 3. The molecule has 2 amide bonds. The zero-order chi connectivity index (χ0) is 28.3. The fraction of sp³-hybridized carbons (Fsp3) is 0.276. The van der Waals surface area contributed by atoms with E-state index in [0.29, 0.717) is 11.6 Å². The number of hydrogen-bond acceptors (Lipinski definition) is 8. The van der Waals surface area contributed by atoms with Crippen molar-refractivity contribution in [3.05, 3.63) is 73.1 Å². The maximum absolute atomic E-state index is 12.1. The molecule has 6 heterocycles. The average molecular weight is 553 g/mol. The molecule has 5 aromatic rings. The largest absolute Gasteiger partial charge is 0.481 e. The van der Waals surface area contributed by atoms with Gasteiger partial charge >= 0.3 is 6.03 Å². The van der Waals surface area contributed by atoms with Crippen molar-refractivity contribution in [2.45, 2.75) is 6.54 Å². The number of piperazine rings is 1. The number of methoxy groups -OCH3 is 1. The van der Waals surface area contributed by atoms with Gasteiger partial charge in [0.05, 0.1) is 30.7 Å². The van der Waals surface area contributed by atoms with Gasteiger partial charge in [-0.2, -0.15) is 10.2 Å². The van der Waals surface area contributed by atoms with Crippen molar-refractivity contribution < 1.29 is 9.53 Å². The van der Waals surface area contributed by atoms with Crippen LogP contribution in [0.2, 0.25) is 0 Å². The standard InChI is InChI=1S/C29H32N10O2/c1-30-29(40)35-25-16-34-39-19-22(23-15-33-36(2)18-23)12-24(28(25)39)21-5-6-26(31-14-21)38-10-8-37(9-11-38)17-20-4-7-27(41-3)32-13-20/h4-7,12-16,18-19H,8-11,17H2,1-3H3,(H2,30,35,40). The SMILES string of the molecule is CNC(=O)Nc1cnn2cc(-c3cnn(C)c3)cc(-c3ccc(N4CCN(Cc5ccc(OC)nc5)CC4)nc3)c12. The third-order valence-electron chi connectivity index (χ3n) is 7.29. The van der Waals surface area contributed by atoms with E-state index in [2.05, 4.69) is 59.9 Å². The molecule has 0 spiro atoms. The van der Waals surface area contributed by atoms with E-state index in [1.165, 1.54) is 5.56 Å². The summed E-state index contributed by atoms with van der Waals surface area (Å²) in [4.78, 5) is 26.0. The van der Waals surface area contributed by atoms with E-state index in [0.717, 1.165) is 66.3 Å². The summed E-state index contributed by atoms with van der Waals surface area (Å²) >= 11 is 0. The number of hydrogen-bond donors (Lipinski definition) is 2. The van der Waals surface area contributed by atoms with Gasteiger partial charge in [-0.1, -0.05) is 6.07 Å². The van der Waals surface area contributed by atoms with Crippen LogP contribution in [0.3, 0.4) is 0 Å². The van der Waals surface area contributed by atoms with E-state index < -0.39 is 0 Å². The molecule has 0 radical (unpaired) electrons. The Morgan fingerprint density at radius 2 is 1.78 bits per heavy atom. The summed E-state index contributed by atoms with van der Waals surface area (Å²) < 4.78 is 8.72. The minimum absolute atomic E-state index is 0.307. The molecule has 12 heteroatoms. The lowest BCUT2D eigenvalue weighted by Crippen LogP contribution is -2.46. The first-order chi connectivity index (χ1) is 20.0. The number of urea groups is 1. The molecule has 210 valence electrons. The molecule has 2 N–H and O–H groups in total. The van der Waals surface area contributed by atoms with Gasteiger partial charge < -0.3 is 20.3 Å². The van der Waals surface area contributed by atoms with Crippen molar-refractivity contribution in [2.24, 2.45) is 7.05 Å². The molecular formula is C29H32N10O2.